The topological polar surface area (TPSA) is 118 Å². The molecule has 0 radical (unpaired) electrons. The second kappa shape index (κ2) is 11.7. The second-order valence-electron chi connectivity index (χ2n) is 8.02. The average molecular weight is 546 g/mol. The van der Waals surface area contributed by atoms with Crippen molar-refractivity contribution in [3.8, 4) is 28.8 Å². The third kappa shape index (κ3) is 6.45. The number of thiazole rings is 1. The predicted molar refractivity (Wildman–Crippen MR) is 146 cm³/mol. The van der Waals surface area contributed by atoms with Gasteiger partial charge in [0, 0.05) is 10.9 Å². The Hall–Kier alpha value is -4.46. The molecule has 0 bridgehead atoms. The van der Waals surface area contributed by atoms with E-state index in [0.717, 1.165) is 11.1 Å². The maximum atomic E-state index is 12.8. The van der Waals surface area contributed by atoms with Gasteiger partial charge in [-0.15, -0.1) is 11.3 Å². The van der Waals surface area contributed by atoms with Crippen LogP contribution < -0.4 is 14.2 Å². The van der Waals surface area contributed by atoms with Gasteiger partial charge in [0.15, 0.2) is 16.6 Å². The number of nitrogens with zero attached hydrogens (tertiary/aromatic N) is 2. The monoisotopic (exact) mass is 545 g/mol. The van der Waals surface area contributed by atoms with Crippen LogP contribution in [0, 0.1) is 18.3 Å². The largest absolute Gasteiger partial charge is 0.490 e. The maximum absolute atomic E-state index is 12.8. The molecule has 0 saturated carbocycles. The molecule has 0 aliphatic carbocycles. The van der Waals surface area contributed by atoms with Gasteiger partial charge >= 0.3 is 10.1 Å². The summed E-state index contributed by atoms with van der Waals surface area (Å²) in [6, 6.07) is 22.2. The quantitative estimate of drug-likeness (QED) is 0.160. The van der Waals surface area contributed by atoms with Crippen molar-refractivity contribution in [2.45, 2.75) is 18.7 Å². The van der Waals surface area contributed by atoms with Gasteiger partial charge in [-0.25, -0.2) is 4.98 Å². The summed E-state index contributed by atoms with van der Waals surface area (Å²) in [6.45, 7) is 3.84. The maximum Gasteiger partial charge on any atom is 0.339 e. The van der Waals surface area contributed by atoms with Crippen molar-refractivity contribution in [3.63, 3.8) is 0 Å². The molecule has 0 fully saturated rings. The van der Waals surface area contributed by atoms with E-state index in [-0.39, 0.29) is 28.6 Å². The van der Waals surface area contributed by atoms with Gasteiger partial charge in [-0.2, -0.15) is 13.7 Å². The highest BCUT2D eigenvalue weighted by Gasteiger charge is 2.20. The average Bonchev–Trinajstić information content (AvgIpc) is 3.38. The first-order chi connectivity index (χ1) is 18.3. The molecule has 0 saturated heterocycles. The van der Waals surface area contributed by atoms with Crippen LogP contribution in [-0.2, 0) is 14.9 Å². The van der Waals surface area contributed by atoms with E-state index in [0.29, 0.717) is 16.4 Å². The Kier molecular flexibility index (Phi) is 8.21. The van der Waals surface area contributed by atoms with E-state index in [9.17, 15) is 18.5 Å². The number of amides is 1. The normalized spacial score (nSPS) is 11.4. The molecule has 0 unspecified atom stereocenters. The number of carbonyl (C=O) groups is 1. The fourth-order valence-electron chi connectivity index (χ4n) is 3.38. The number of rotatable bonds is 9. The van der Waals surface area contributed by atoms with Crippen LogP contribution in [0.5, 0.6) is 11.5 Å². The van der Waals surface area contributed by atoms with Gasteiger partial charge in [0.25, 0.3) is 5.91 Å². The molecule has 192 valence electrons. The standard InChI is InChI=1S/C28H23N3O5S2/c1-3-35-26-16-20(11-14-25(26)36-38(33,34)23-12-9-19(2)10-13-23)15-22(17-29)27(32)31-28-30-24(18-37-28)21-7-5-4-6-8-21/h4-16,18H,3H2,1-2H3,(H,30,31,32)/b22-15-. The number of carbonyl (C=O) groups excluding carboxylic acids is 1. The Morgan fingerprint density at radius 3 is 2.50 bits per heavy atom. The minimum Gasteiger partial charge on any atom is -0.490 e. The lowest BCUT2D eigenvalue weighted by Gasteiger charge is -2.13. The van der Waals surface area contributed by atoms with Gasteiger partial charge in [-0.1, -0.05) is 54.1 Å². The zero-order valence-corrected chi connectivity index (χ0v) is 22.2. The minimum atomic E-state index is -4.10. The molecule has 1 amide bonds. The van der Waals surface area contributed by atoms with E-state index in [1.54, 1.807) is 19.1 Å². The molecule has 0 aliphatic heterocycles. The molecule has 10 heteroatoms. The summed E-state index contributed by atoms with van der Waals surface area (Å²) in [5, 5.41) is 14.4. The number of hydrogen-bond acceptors (Lipinski definition) is 8. The Morgan fingerprint density at radius 1 is 1.08 bits per heavy atom. The molecule has 1 heterocycles. The highest BCUT2D eigenvalue weighted by Crippen LogP contribution is 2.32. The summed E-state index contributed by atoms with van der Waals surface area (Å²) in [7, 11) is -4.10. The number of nitrogens with one attached hydrogen (secondary N) is 1. The van der Waals surface area contributed by atoms with Crippen molar-refractivity contribution in [2.24, 2.45) is 0 Å². The third-order valence-corrected chi connectivity index (χ3v) is 7.25. The summed E-state index contributed by atoms with van der Waals surface area (Å²) in [5.41, 5.74) is 2.83. The Morgan fingerprint density at radius 2 is 1.82 bits per heavy atom. The summed E-state index contributed by atoms with van der Waals surface area (Å²) >= 11 is 1.25. The summed E-state index contributed by atoms with van der Waals surface area (Å²) < 4.78 is 36.4. The predicted octanol–water partition coefficient (Wildman–Crippen LogP) is 5.83. The van der Waals surface area contributed by atoms with Gasteiger partial charge < -0.3 is 8.92 Å². The molecule has 3 aromatic carbocycles. The molecule has 38 heavy (non-hydrogen) atoms. The number of aryl methyl sites for hydroxylation is 1. The smallest absolute Gasteiger partial charge is 0.339 e. The molecule has 0 aliphatic rings. The van der Waals surface area contributed by atoms with Gasteiger partial charge in [0.05, 0.1) is 12.3 Å². The summed E-state index contributed by atoms with van der Waals surface area (Å²) in [4.78, 5) is 17.2. The number of hydrogen-bond donors (Lipinski definition) is 1. The molecular formula is C28H23N3O5S2. The molecule has 8 nitrogen and oxygen atoms in total. The SMILES string of the molecule is CCOc1cc(/C=C(/C#N)C(=O)Nc2nc(-c3ccccc3)cs2)ccc1OS(=O)(=O)c1ccc(C)cc1. The fraction of sp³-hybridized carbons (Fsp3) is 0.107. The van der Waals surface area contributed by atoms with E-state index in [1.165, 1.54) is 47.7 Å². The first kappa shape index (κ1) is 26.6. The lowest BCUT2D eigenvalue weighted by atomic mass is 10.1. The Balaban J connectivity index is 1.54. The van der Waals surface area contributed by atoms with Crippen LogP contribution in [0.25, 0.3) is 17.3 Å². The van der Waals surface area contributed by atoms with Crippen LogP contribution in [0.15, 0.2) is 88.6 Å². The number of nitriles is 1. The summed E-state index contributed by atoms with van der Waals surface area (Å²) in [5.74, 6) is -0.479. The minimum absolute atomic E-state index is 0.00978. The van der Waals surface area contributed by atoms with Crippen LogP contribution >= 0.6 is 11.3 Å². The summed E-state index contributed by atoms with van der Waals surface area (Å²) in [6.07, 6.45) is 1.38. The van der Waals surface area contributed by atoms with Crippen LogP contribution in [0.3, 0.4) is 0 Å². The van der Waals surface area contributed by atoms with Gasteiger partial charge in [0.1, 0.15) is 16.5 Å². The van der Waals surface area contributed by atoms with E-state index >= 15 is 0 Å². The number of benzene rings is 3. The van der Waals surface area contributed by atoms with Crippen LogP contribution in [0.1, 0.15) is 18.1 Å². The van der Waals surface area contributed by atoms with E-state index in [2.05, 4.69) is 10.3 Å². The van der Waals surface area contributed by atoms with E-state index < -0.39 is 16.0 Å². The number of aromatic nitrogens is 1. The van der Waals surface area contributed by atoms with Crippen LogP contribution in [-0.4, -0.2) is 25.9 Å². The molecule has 4 aromatic rings. The lowest BCUT2D eigenvalue weighted by molar-refractivity contribution is -0.112. The first-order valence-corrected chi connectivity index (χ1v) is 13.8. The number of ether oxygens (including phenoxy) is 1. The zero-order chi connectivity index (χ0) is 27.1. The van der Waals surface area contributed by atoms with Crippen molar-refractivity contribution in [1.82, 2.24) is 4.98 Å². The Bertz CT molecular complexity index is 1620. The van der Waals surface area contributed by atoms with Crippen molar-refractivity contribution < 1.29 is 22.1 Å². The Labute approximate surface area is 224 Å². The molecular weight excluding hydrogens is 522 g/mol. The lowest BCUT2D eigenvalue weighted by Crippen LogP contribution is -2.13. The molecule has 0 atom stereocenters. The van der Waals surface area contributed by atoms with Gasteiger partial charge in [0.2, 0.25) is 0 Å². The molecule has 0 spiro atoms. The van der Waals surface area contributed by atoms with Crippen LogP contribution in [0.2, 0.25) is 0 Å². The van der Waals surface area contributed by atoms with E-state index in [1.807, 2.05) is 48.7 Å². The van der Waals surface area contributed by atoms with Crippen molar-refractivity contribution in [1.29, 1.82) is 5.26 Å². The molecule has 4 rings (SSSR count). The molecule has 1 aromatic heterocycles. The first-order valence-electron chi connectivity index (χ1n) is 11.5. The molecule has 1 N–H and O–H groups in total. The van der Waals surface area contributed by atoms with Gasteiger partial charge in [-0.3, -0.25) is 10.1 Å². The van der Waals surface area contributed by atoms with E-state index in [4.69, 9.17) is 8.92 Å². The third-order valence-electron chi connectivity index (χ3n) is 5.25. The van der Waals surface area contributed by atoms with Gasteiger partial charge in [-0.05, 0) is 49.8 Å². The highest BCUT2D eigenvalue weighted by molar-refractivity contribution is 7.87. The number of anilines is 1. The highest BCUT2D eigenvalue weighted by atomic mass is 32.2. The van der Waals surface area contributed by atoms with Crippen molar-refractivity contribution in [2.75, 3.05) is 11.9 Å². The van der Waals surface area contributed by atoms with Crippen molar-refractivity contribution in [3.05, 3.63) is 94.9 Å². The van der Waals surface area contributed by atoms with Crippen molar-refractivity contribution >= 4 is 38.6 Å². The zero-order valence-electron chi connectivity index (χ0n) is 20.5. The fourth-order valence-corrected chi connectivity index (χ4v) is 5.03. The van der Waals surface area contributed by atoms with Crippen LogP contribution in [0.4, 0.5) is 5.13 Å². The second-order valence-corrected chi connectivity index (χ2v) is 10.4.